The molecule has 3 N–H and O–H groups in total. The van der Waals surface area contributed by atoms with Gasteiger partial charge in [-0.25, -0.2) is 13.6 Å². The molecule has 0 aromatic heterocycles. The summed E-state index contributed by atoms with van der Waals surface area (Å²) in [4.78, 5) is 0. The van der Waals surface area contributed by atoms with Gasteiger partial charge in [0.2, 0.25) is 10.0 Å². The Labute approximate surface area is 78.9 Å². The number of primary sulfonamides is 1. The second-order valence-corrected chi connectivity index (χ2v) is 6.08. The molecule has 1 aliphatic carbocycles. The third kappa shape index (κ3) is 2.03. The Morgan fingerprint density at radius 1 is 1.23 bits per heavy atom. The number of nitrogens with two attached hydrogens (primary N) is 1. The Morgan fingerprint density at radius 3 is 2.54 bits per heavy atom. The Balaban J connectivity index is 2.16. The topological polar surface area (TPSA) is 72.2 Å². The van der Waals surface area contributed by atoms with Crippen molar-refractivity contribution in [3.63, 3.8) is 0 Å². The second-order valence-electron chi connectivity index (χ2n) is 4.23. The minimum Gasteiger partial charge on any atom is -0.314 e. The predicted octanol–water partition coefficient (Wildman–Crippen LogP) is -0.194. The minimum absolute atomic E-state index is 0.306. The molecule has 0 aromatic rings. The Hall–Kier alpha value is -0.130. The van der Waals surface area contributed by atoms with Crippen molar-refractivity contribution in [2.45, 2.75) is 37.0 Å². The smallest absolute Gasteiger partial charge is 0.212 e. The molecular weight excluding hydrogens is 188 g/mol. The van der Waals surface area contributed by atoms with Gasteiger partial charge in [-0.2, -0.15) is 0 Å². The van der Waals surface area contributed by atoms with Crippen molar-refractivity contribution in [1.29, 1.82) is 0 Å². The molecule has 0 spiro atoms. The number of hydrogen-bond donors (Lipinski definition) is 2. The fourth-order valence-corrected chi connectivity index (χ4v) is 3.47. The molecular formula is C8H16N2O2S. The second kappa shape index (κ2) is 3.22. The van der Waals surface area contributed by atoms with Crippen LogP contribution in [0.2, 0.25) is 0 Å². The Kier molecular flexibility index (Phi) is 2.33. The van der Waals surface area contributed by atoms with Gasteiger partial charge in [-0.05, 0) is 38.1 Å². The maximum Gasteiger partial charge on any atom is 0.212 e. The van der Waals surface area contributed by atoms with E-state index >= 15 is 0 Å². The standard InChI is InChI=1S/C8H16N2O2S/c9-13(11,12)8-3-6-1-2-7(4-8)10-5-6/h6-8,10H,1-5H2,(H2,9,11,12). The molecule has 76 valence electrons. The average molecular weight is 204 g/mol. The lowest BCUT2D eigenvalue weighted by molar-refractivity contribution is 0.342. The van der Waals surface area contributed by atoms with Crippen molar-refractivity contribution in [3.8, 4) is 0 Å². The molecule has 13 heavy (non-hydrogen) atoms. The van der Waals surface area contributed by atoms with E-state index in [1.54, 1.807) is 0 Å². The SMILES string of the molecule is NS(=O)(=O)C1CC2CCC(C1)NC2. The summed E-state index contributed by atoms with van der Waals surface area (Å²) in [5, 5.41) is 8.23. The number of rotatable bonds is 1. The number of hydrogen-bond acceptors (Lipinski definition) is 3. The minimum atomic E-state index is -3.32. The van der Waals surface area contributed by atoms with Crippen LogP contribution in [0.15, 0.2) is 0 Å². The molecule has 0 radical (unpaired) electrons. The van der Waals surface area contributed by atoms with Crippen molar-refractivity contribution in [1.82, 2.24) is 5.32 Å². The average Bonchev–Trinajstić information content (AvgIpc) is 2.34. The molecule has 0 aromatic carbocycles. The first-order chi connectivity index (χ1) is 6.05. The molecule has 2 aliphatic heterocycles. The van der Waals surface area contributed by atoms with E-state index in [0.717, 1.165) is 25.8 Å². The highest BCUT2D eigenvalue weighted by Gasteiger charge is 2.35. The summed E-state index contributed by atoms with van der Waals surface area (Å²) in [5.74, 6) is 0.516. The summed E-state index contributed by atoms with van der Waals surface area (Å²) in [6.45, 7) is 0.969. The maximum atomic E-state index is 11.2. The van der Waals surface area contributed by atoms with Crippen molar-refractivity contribution >= 4 is 10.0 Å². The van der Waals surface area contributed by atoms with Crippen LogP contribution in [0, 0.1) is 5.92 Å². The monoisotopic (exact) mass is 204 g/mol. The molecule has 2 bridgehead atoms. The van der Waals surface area contributed by atoms with E-state index in [1.165, 1.54) is 0 Å². The van der Waals surface area contributed by atoms with Gasteiger partial charge in [-0.1, -0.05) is 0 Å². The van der Waals surface area contributed by atoms with Crippen LogP contribution >= 0.6 is 0 Å². The van der Waals surface area contributed by atoms with Gasteiger partial charge in [-0.15, -0.1) is 0 Å². The first kappa shape index (κ1) is 9.43. The van der Waals surface area contributed by atoms with Gasteiger partial charge < -0.3 is 5.32 Å². The molecule has 5 heteroatoms. The van der Waals surface area contributed by atoms with Crippen LogP contribution in [0.5, 0.6) is 0 Å². The van der Waals surface area contributed by atoms with Crippen LogP contribution in [-0.4, -0.2) is 26.3 Å². The van der Waals surface area contributed by atoms with E-state index in [0.29, 0.717) is 18.4 Å². The lowest BCUT2D eigenvalue weighted by Crippen LogP contribution is -2.36. The van der Waals surface area contributed by atoms with Crippen LogP contribution in [-0.2, 0) is 10.0 Å². The Morgan fingerprint density at radius 2 is 2.00 bits per heavy atom. The number of fused-ring (bicyclic) bond motifs is 4. The van der Waals surface area contributed by atoms with Gasteiger partial charge in [0.05, 0.1) is 5.25 Å². The van der Waals surface area contributed by atoms with Crippen molar-refractivity contribution in [3.05, 3.63) is 0 Å². The molecule has 0 amide bonds. The van der Waals surface area contributed by atoms with Crippen molar-refractivity contribution in [2.75, 3.05) is 6.54 Å². The zero-order valence-electron chi connectivity index (χ0n) is 7.57. The molecule has 3 unspecified atom stereocenters. The zero-order valence-corrected chi connectivity index (χ0v) is 8.39. The van der Waals surface area contributed by atoms with E-state index in [1.807, 2.05) is 0 Å². The summed E-state index contributed by atoms with van der Waals surface area (Å²) in [6, 6.07) is 0.377. The highest BCUT2D eigenvalue weighted by Crippen LogP contribution is 2.30. The third-order valence-electron chi connectivity index (χ3n) is 3.23. The first-order valence-electron chi connectivity index (χ1n) is 4.80. The molecule has 2 saturated heterocycles. The van der Waals surface area contributed by atoms with Gasteiger partial charge in [0.25, 0.3) is 0 Å². The molecule has 2 heterocycles. The van der Waals surface area contributed by atoms with Crippen molar-refractivity contribution < 1.29 is 8.42 Å². The normalized spacial score (nSPS) is 40.2. The van der Waals surface area contributed by atoms with Crippen LogP contribution in [0.1, 0.15) is 25.7 Å². The highest BCUT2D eigenvalue weighted by molar-refractivity contribution is 7.89. The number of piperidine rings is 1. The summed E-state index contributed by atoms with van der Waals surface area (Å²) in [6.07, 6.45) is 3.72. The van der Waals surface area contributed by atoms with Crippen LogP contribution in [0.4, 0.5) is 0 Å². The van der Waals surface area contributed by atoms with Crippen LogP contribution < -0.4 is 10.5 Å². The van der Waals surface area contributed by atoms with Gasteiger partial charge in [0, 0.05) is 6.04 Å². The largest absolute Gasteiger partial charge is 0.314 e. The fraction of sp³-hybridized carbons (Fsp3) is 1.00. The summed E-state index contributed by atoms with van der Waals surface area (Å²) < 4.78 is 22.4. The summed E-state index contributed by atoms with van der Waals surface area (Å²) >= 11 is 0. The summed E-state index contributed by atoms with van der Waals surface area (Å²) in [5.41, 5.74) is 0. The van der Waals surface area contributed by atoms with E-state index in [2.05, 4.69) is 5.32 Å². The lowest BCUT2D eigenvalue weighted by Gasteiger charge is -2.23. The third-order valence-corrected chi connectivity index (χ3v) is 4.54. The van der Waals surface area contributed by atoms with E-state index < -0.39 is 10.0 Å². The number of nitrogens with one attached hydrogen (secondary N) is 1. The summed E-state index contributed by atoms with van der Waals surface area (Å²) in [7, 11) is -3.32. The van der Waals surface area contributed by atoms with Gasteiger partial charge in [0.15, 0.2) is 0 Å². The predicted molar refractivity (Wildman–Crippen MR) is 50.6 cm³/mol. The van der Waals surface area contributed by atoms with Crippen molar-refractivity contribution in [2.24, 2.45) is 11.1 Å². The molecule has 3 rings (SSSR count). The van der Waals surface area contributed by atoms with Crippen LogP contribution in [0.25, 0.3) is 0 Å². The molecule has 4 nitrogen and oxygen atoms in total. The number of sulfonamides is 1. The fourth-order valence-electron chi connectivity index (χ4n) is 2.43. The molecule has 3 atom stereocenters. The maximum absolute atomic E-state index is 11.2. The van der Waals surface area contributed by atoms with Gasteiger partial charge >= 0.3 is 0 Å². The van der Waals surface area contributed by atoms with E-state index in [9.17, 15) is 8.42 Å². The van der Waals surface area contributed by atoms with Crippen LogP contribution in [0.3, 0.4) is 0 Å². The van der Waals surface area contributed by atoms with E-state index in [-0.39, 0.29) is 5.25 Å². The molecule has 3 fully saturated rings. The quantitative estimate of drug-likeness (QED) is 0.621. The molecule has 1 saturated carbocycles. The Bertz CT molecular complexity index is 267. The molecule has 3 aliphatic rings. The van der Waals surface area contributed by atoms with E-state index in [4.69, 9.17) is 5.14 Å². The van der Waals surface area contributed by atoms with Gasteiger partial charge in [-0.3, -0.25) is 0 Å². The lowest BCUT2D eigenvalue weighted by atomic mass is 9.97. The first-order valence-corrected chi connectivity index (χ1v) is 6.41. The zero-order chi connectivity index (χ0) is 9.47. The highest BCUT2D eigenvalue weighted by atomic mass is 32.2. The van der Waals surface area contributed by atoms with Gasteiger partial charge in [0.1, 0.15) is 0 Å².